The Morgan fingerprint density at radius 2 is 0.791 bits per heavy atom. The number of hydrogen-bond donors (Lipinski definition) is 6. The van der Waals surface area contributed by atoms with Crippen molar-refractivity contribution in [2.75, 3.05) is 13.2 Å². The highest BCUT2D eigenvalue weighted by molar-refractivity contribution is 5.80. The molecule has 1 rings (SSSR count). The molecule has 1 amide bonds. The maximum Gasteiger partial charge on any atom is 0.306 e. The zero-order chi connectivity index (χ0) is 66.0. The van der Waals surface area contributed by atoms with Crippen molar-refractivity contribution in [3.8, 4) is 0 Å². The Kier molecular flexibility index (Phi) is 62.2. The molecule has 0 aliphatic carbocycles. The predicted molar refractivity (Wildman–Crippen MR) is 384 cm³/mol. The van der Waals surface area contributed by atoms with Gasteiger partial charge in [-0.1, -0.05) is 316 Å². The molecule has 0 bridgehead atoms. The van der Waals surface area contributed by atoms with Crippen LogP contribution in [0.3, 0.4) is 0 Å². The van der Waals surface area contributed by atoms with Crippen LogP contribution in [0.25, 0.3) is 0 Å². The van der Waals surface area contributed by atoms with Crippen molar-refractivity contribution in [1.82, 2.24) is 5.32 Å². The SMILES string of the molecule is CC/C=C\C/C=C\C/C=C\C/C=C\C/C=C\CCCCCCCCCCC(O)C(=O)NC(COC1OC(CO)C(O)C(O)C1OC(=O)CCCCCCCCCCCCCCCC/C=C\C/C=C\C/C=C\CCCCC)C(O)/C=C/CCCCCCCCCCC. The molecule has 0 spiro atoms. The average molecular weight is 1270 g/mol. The zero-order valence-electron chi connectivity index (χ0n) is 58.4. The van der Waals surface area contributed by atoms with Gasteiger partial charge in [-0.2, -0.15) is 0 Å². The fourth-order valence-corrected chi connectivity index (χ4v) is 11.3. The number of nitrogens with one attached hydrogen (secondary N) is 1. The molecular weight excluding hydrogens is 1130 g/mol. The van der Waals surface area contributed by atoms with Crippen molar-refractivity contribution in [3.05, 3.63) is 109 Å². The second-order valence-corrected chi connectivity index (χ2v) is 25.6. The van der Waals surface area contributed by atoms with Gasteiger partial charge in [0.15, 0.2) is 12.4 Å². The van der Waals surface area contributed by atoms with E-state index in [2.05, 4.69) is 123 Å². The molecule has 1 aliphatic rings. The molecule has 0 aromatic carbocycles. The summed E-state index contributed by atoms with van der Waals surface area (Å²) >= 11 is 0. The Morgan fingerprint density at radius 3 is 1.21 bits per heavy atom. The van der Waals surface area contributed by atoms with E-state index in [1.807, 2.05) is 6.08 Å². The Morgan fingerprint density at radius 1 is 0.440 bits per heavy atom. The third-order valence-corrected chi connectivity index (χ3v) is 17.2. The largest absolute Gasteiger partial charge is 0.454 e. The monoisotopic (exact) mass is 1270 g/mol. The van der Waals surface area contributed by atoms with Gasteiger partial charge >= 0.3 is 5.97 Å². The van der Waals surface area contributed by atoms with Crippen LogP contribution in [0.15, 0.2) is 109 Å². The van der Waals surface area contributed by atoms with Gasteiger partial charge in [0.2, 0.25) is 5.91 Å². The second kappa shape index (κ2) is 66.3. The molecule has 11 nitrogen and oxygen atoms in total. The van der Waals surface area contributed by atoms with Crippen LogP contribution < -0.4 is 5.32 Å². The summed E-state index contributed by atoms with van der Waals surface area (Å²) < 4.78 is 17.7. The number of aliphatic hydroxyl groups is 5. The Balaban J connectivity index is 2.52. The topological polar surface area (TPSA) is 175 Å². The van der Waals surface area contributed by atoms with E-state index < -0.39 is 67.4 Å². The minimum atomic E-state index is -1.62. The van der Waals surface area contributed by atoms with Crippen LogP contribution in [0.4, 0.5) is 0 Å². The number of rotatable bonds is 64. The molecule has 0 saturated carbocycles. The van der Waals surface area contributed by atoms with Crippen molar-refractivity contribution in [2.24, 2.45) is 0 Å². The van der Waals surface area contributed by atoms with Crippen LogP contribution in [0.5, 0.6) is 0 Å². The quantitative estimate of drug-likeness (QED) is 0.0195. The first-order valence-electron chi connectivity index (χ1n) is 37.7. The number of amides is 1. The molecule has 0 aromatic rings. The van der Waals surface area contributed by atoms with Crippen LogP contribution in [0, 0.1) is 0 Å². The van der Waals surface area contributed by atoms with Gasteiger partial charge in [-0.15, -0.1) is 0 Å². The first-order valence-corrected chi connectivity index (χ1v) is 37.7. The molecule has 6 N–H and O–H groups in total. The molecular formula is C80H139NO10. The van der Waals surface area contributed by atoms with Gasteiger partial charge in [0, 0.05) is 6.42 Å². The number of hydrogen-bond acceptors (Lipinski definition) is 10. The van der Waals surface area contributed by atoms with E-state index in [1.165, 1.54) is 161 Å². The molecule has 1 aliphatic heterocycles. The van der Waals surface area contributed by atoms with Crippen molar-refractivity contribution < 1.29 is 49.3 Å². The van der Waals surface area contributed by atoms with E-state index >= 15 is 0 Å². The van der Waals surface area contributed by atoms with Crippen molar-refractivity contribution in [1.29, 1.82) is 0 Å². The number of allylic oxidation sites excluding steroid dienone is 17. The van der Waals surface area contributed by atoms with E-state index in [4.69, 9.17) is 14.2 Å². The first-order chi connectivity index (χ1) is 44.7. The number of carbonyl (C=O) groups excluding carboxylic acids is 2. The van der Waals surface area contributed by atoms with Crippen LogP contribution >= 0.6 is 0 Å². The van der Waals surface area contributed by atoms with Crippen LogP contribution in [-0.2, 0) is 23.8 Å². The first kappa shape index (κ1) is 85.3. The van der Waals surface area contributed by atoms with Crippen molar-refractivity contribution in [3.63, 3.8) is 0 Å². The summed E-state index contributed by atoms with van der Waals surface area (Å²) in [4.78, 5) is 26.7. The number of aliphatic hydroxyl groups excluding tert-OH is 5. The summed E-state index contributed by atoms with van der Waals surface area (Å²) in [5, 5.41) is 57.3. The molecule has 0 aromatic heterocycles. The van der Waals surface area contributed by atoms with Gasteiger partial charge in [0.05, 0.1) is 25.4 Å². The van der Waals surface area contributed by atoms with Gasteiger partial charge in [0.1, 0.15) is 24.4 Å². The summed E-state index contributed by atoms with van der Waals surface area (Å²) in [5.41, 5.74) is 0. The van der Waals surface area contributed by atoms with Gasteiger partial charge < -0.3 is 45.1 Å². The van der Waals surface area contributed by atoms with Crippen molar-refractivity contribution in [2.45, 2.75) is 372 Å². The highest BCUT2D eigenvalue weighted by Gasteiger charge is 2.47. The zero-order valence-corrected chi connectivity index (χ0v) is 58.4. The van der Waals surface area contributed by atoms with Crippen LogP contribution in [0.1, 0.15) is 323 Å². The molecule has 11 heteroatoms. The maximum absolute atomic E-state index is 13.5. The van der Waals surface area contributed by atoms with E-state index in [0.717, 1.165) is 116 Å². The van der Waals surface area contributed by atoms with Gasteiger partial charge in [-0.25, -0.2) is 0 Å². The second-order valence-electron chi connectivity index (χ2n) is 25.6. The van der Waals surface area contributed by atoms with E-state index in [-0.39, 0.29) is 19.4 Å². The predicted octanol–water partition coefficient (Wildman–Crippen LogP) is 20.0. The van der Waals surface area contributed by atoms with Gasteiger partial charge in [-0.3, -0.25) is 9.59 Å². The molecule has 8 atom stereocenters. The lowest BCUT2D eigenvalue weighted by Gasteiger charge is -2.41. The molecule has 0 radical (unpaired) electrons. The maximum atomic E-state index is 13.5. The highest BCUT2D eigenvalue weighted by atomic mass is 16.7. The Labute approximate surface area is 558 Å². The van der Waals surface area contributed by atoms with E-state index in [0.29, 0.717) is 12.8 Å². The summed E-state index contributed by atoms with van der Waals surface area (Å²) in [7, 11) is 0. The normalized spacial score (nSPS) is 18.6. The minimum absolute atomic E-state index is 0.118. The summed E-state index contributed by atoms with van der Waals surface area (Å²) in [6, 6.07) is -1.03. The highest BCUT2D eigenvalue weighted by Crippen LogP contribution is 2.26. The lowest BCUT2D eigenvalue weighted by molar-refractivity contribution is -0.305. The number of unbranched alkanes of at least 4 members (excludes halogenated alkanes) is 34. The number of carbonyl (C=O) groups is 2. The van der Waals surface area contributed by atoms with E-state index in [1.54, 1.807) is 6.08 Å². The molecule has 1 heterocycles. The van der Waals surface area contributed by atoms with Crippen LogP contribution in [0.2, 0.25) is 0 Å². The lowest BCUT2D eigenvalue weighted by atomic mass is 9.99. The molecule has 91 heavy (non-hydrogen) atoms. The fraction of sp³-hybridized carbons (Fsp3) is 0.750. The average Bonchev–Trinajstić information content (AvgIpc) is 0.943. The summed E-state index contributed by atoms with van der Waals surface area (Å²) in [6.45, 7) is 5.67. The summed E-state index contributed by atoms with van der Waals surface area (Å²) in [5.74, 6) is -1.20. The molecule has 524 valence electrons. The lowest BCUT2D eigenvalue weighted by Crippen LogP contribution is -2.61. The third-order valence-electron chi connectivity index (χ3n) is 17.2. The smallest absolute Gasteiger partial charge is 0.306 e. The number of esters is 1. The van der Waals surface area contributed by atoms with Gasteiger partial charge in [0.25, 0.3) is 0 Å². The van der Waals surface area contributed by atoms with Crippen molar-refractivity contribution >= 4 is 11.9 Å². The molecule has 8 unspecified atom stereocenters. The third kappa shape index (κ3) is 53.3. The van der Waals surface area contributed by atoms with E-state index in [9.17, 15) is 35.1 Å². The molecule has 1 fully saturated rings. The summed E-state index contributed by atoms with van der Waals surface area (Å²) in [6.07, 6.45) is 81.3. The van der Waals surface area contributed by atoms with Crippen LogP contribution in [-0.4, -0.2) is 99.6 Å². The fourth-order valence-electron chi connectivity index (χ4n) is 11.3. The number of ether oxygens (including phenoxy) is 3. The minimum Gasteiger partial charge on any atom is -0.454 e. The Bertz CT molecular complexity index is 1900. The molecule has 1 saturated heterocycles. The Hall–Kier alpha value is -3.68. The standard InChI is InChI=1S/C80H139NO10/c1-4-7-10-13-16-19-22-24-26-28-30-32-34-36-37-38-40-42-44-46-48-50-53-56-59-62-65-68-75(85)91-78-77(87)76(86)74(69-82)90-80(78)89-70-71(72(83)66-63-60-57-54-51-21-18-15-12-9-6-3)81-79(88)73(84)67-64-61-58-55-52-49-47-45-43-41-39-35-33-31-29-27-25-23-20-17-14-11-8-5-2/h8,11,16-17,19-20,24-27,30-33,39,41,63,66,71-74,76-78,80,82-84,86-87H,4-7,9-10,12-15,18,21-23,28-29,34-38,40,42-62,64-65,67-70H2,1-3H3,(H,81,88)/b11-8-,19-16-,20-17-,26-24-,27-25-,32-30-,33-31-,41-39-,66-63+. The van der Waals surface area contributed by atoms with Gasteiger partial charge in [-0.05, 0) is 109 Å².